The number of hydrogen-bond donors (Lipinski definition) is 0. The SMILES string of the molecule is CCC(=O)c1ccc([N+](=O)[O-])cc1F. The highest BCUT2D eigenvalue weighted by atomic mass is 19.1. The van der Waals surface area contributed by atoms with E-state index in [2.05, 4.69) is 0 Å². The molecule has 0 aliphatic rings. The lowest BCUT2D eigenvalue weighted by Crippen LogP contribution is -2.01. The minimum absolute atomic E-state index is 0.0990. The fourth-order valence-electron chi connectivity index (χ4n) is 1.03. The average molecular weight is 197 g/mol. The third-order valence-corrected chi connectivity index (χ3v) is 1.79. The van der Waals surface area contributed by atoms with Gasteiger partial charge < -0.3 is 0 Å². The van der Waals surface area contributed by atoms with Crippen LogP contribution in [-0.4, -0.2) is 10.7 Å². The number of Topliss-reactive ketones (excluding diaryl/α,β-unsaturated/α-hetero) is 1. The summed E-state index contributed by atoms with van der Waals surface area (Å²) in [6.07, 6.45) is 0.175. The molecule has 74 valence electrons. The lowest BCUT2D eigenvalue weighted by Gasteiger charge is -1.99. The molecule has 5 heteroatoms. The number of nitro groups is 1. The molecule has 0 fully saturated rings. The summed E-state index contributed by atoms with van der Waals surface area (Å²) >= 11 is 0. The van der Waals surface area contributed by atoms with Gasteiger partial charge in [0.25, 0.3) is 5.69 Å². The van der Waals surface area contributed by atoms with Crippen LogP contribution in [0.1, 0.15) is 23.7 Å². The van der Waals surface area contributed by atoms with E-state index in [0.717, 1.165) is 18.2 Å². The molecule has 0 saturated heterocycles. The number of nitrogens with zero attached hydrogens (tertiary/aromatic N) is 1. The largest absolute Gasteiger partial charge is 0.294 e. The molecule has 0 radical (unpaired) electrons. The van der Waals surface area contributed by atoms with Crippen LogP contribution >= 0.6 is 0 Å². The van der Waals surface area contributed by atoms with E-state index in [1.807, 2.05) is 0 Å². The Kier molecular flexibility index (Phi) is 2.91. The highest BCUT2D eigenvalue weighted by molar-refractivity contribution is 5.96. The van der Waals surface area contributed by atoms with Gasteiger partial charge in [-0.15, -0.1) is 0 Å². The molecule has 0 atom stereocenters. The quantitative estimate of drug-likeness (QED) is 0.424. The molecule has 0 aromatic heterocycles. The number of carbonyl (C=O) groups excluding carboxylic acids is 1. The first-order chi connectivity index (χ1) is 6.56. The Morgan fingerprint density at radius 2 is 2.21 bits per heavy atom. The normalized spacial score (nSPS) is 9.86. The van der Waals surface area contributed by atoms with Crippen molar-refractivity contribution in [3.63, 3.8) is 0 Å². The number of hydrogen-bond acceptors (Lipinski definition) is 3. The zero-order chi connectivity index (χ0) is 10.7. The van der Waals surface area contributed by atoms with E-state index < -0.39 is 10.7 Å². The lowest BCUT2D eigenvalue weighted by atomic mass is 10.1. The van der Waals surface area contributed by atoms with E-state index in [0.29, 0.717) is 0 Å². The van der Waals surface area contributed by atoms with Gasteiger partial charge in [0.1, 0.15) is 5.82 Å². The maximum Gasteiger partial charge on any atom is 0.272 e. The molecule has 1 aromatic rings. The van der Waals surface area contributed by atoms with Gasteiger partial charge in [0.2, 0.25) is 0 Å². The van der Waals surface area contributed by atoms with Gasteiger partial charge in [-0.2, -0.15) is 0 Å². The minimum Gasteiger partial charge on any atom is -0.294 e. The standard InChI is InChI=1S/C9H8FNO3/c1-2-9(12)7-4-3-6(11(13)14)5-8(7)10/h3-5H,2H2,1H3. The van der Waals surface area contributed by atoms with Crippen LogP contribution in [0.5, 0.6) is 0 Å². The molecule has 0 bridgehead atoms. The van der Waals surface area contributed by atoms with E-state index in [9.17, 15) is 19.3 Å². The number of halogens is 1. The second-order valence-electron chi connectivity index (χ2n) is 2.70. The monoisotopic (exact) mass is 197 g/mol. The fourth-order valence-corrected chi connectivity index (χ4v) is 1.03. The molecule has 1 aromatic carbocycles. The molecule has 4 nitrogen and oxygen atoms in total. The van der Waals surface area contributed by atoms with Crippen molar-refractivity contribution in [2.24, 2.45) is 0 Å². The Hall–Kier alpha value is -1.78. The van der Waals surface area contributed by atoms with E-state index >= 15 is 0 Å². The van der Waals surface area contributed by atoms with Crippen molar-refractivity contribution in [3.05, 3.63) is 39.7 Å². The molecule has 0 N–H and O–H groups in total. The van der Waals surface area contributed by atoms with Crippen LogP contribution in [0.3, 0.4) is 0 Å². The third-order valence-electron chi connectivity index (χ3n) is 1.79. The number of nitro benzene ring substituents is 1. The molecule has 0 unspecified atom stereocenters. The van der Waals surface area contributed by atoms with E-state index in [1.165, 1.54) is 0 Å². The maximum absolute atomic E-state index is 13.1. The predicted octanol–water partition coefficient (Wildman–Crippen LogP) is 2.33. The zero-order valence-corrected chi connectivity index (χ0v) is 7.49. The van der Waals surface area contributed by atoms with Crippen molar-refractivity contribution in [2.75, 3.05) is 0 Å². The Morgan fingerprint density at radius 1 is 1.57 bits per heavy atom. The van der Waals surface area contributed by atoms with Gasteiger partial charge in [0.05, 0.1) is 16.6 Å². The molecule has 0 amide bonds. The molecule has 0 heterocycles. The van der Waals surface area contributed by atoms with Crippen molar-refractivity contribution in [1.82, 2.24) is 0 Å². The second kappa shape index (κ2) is 3.95. The highest BCUT2D eigenvalue weighted by Gasteiger charge is 2.14. The summed E-state index contributed by atoms with van der Waals surface area (Å²) in [5.41, 5.74) is -0.451. The van der Waals surface area contributed by atoms with E-state index in [4.69, 9.17) is 0 Å². The first-order valence-corrected chi connectivity index (χ1v) is 4.03. The van der Waals surface area contributed by atoms with Crippen LogP contribution in [0.15, 0.2) is 18.2 Å². The lowest BCUT2D eigenvalue weighted by molar-refractivity contribution is -0.385. The fraction of sp³-hybridized carbons (Fsp3) is 0.222. The van der Waals surface area contributed by atoms with Crippen LogP contribution in [0.4, 0.5) is 10.1 Å². The van der Waals surface area contributed by atoms with Crippen molar-refractivity contribution < 1.29 is 14.1 Å². The molecule has 0 saturated carbocycles. The summed E-state index contributed by atoms with van der Waals surface area (Å²) < 4.78 is 13.1. The van der Waals surface area contributed by atoms with Gasteiger partial charge in [-0.3, -0.25) is 14.9 Å². The van der Waals surface area contributed by atoms with E-state index in [-0.39, 0.29) is 23.5 Å². The smallest absolute Gasteiger partial charge is 0.272 e. The van der Waals surface area contributed by atoms with Crippen LogP contribution in [0.2, 0.25) is 0 Å². The number of carbonyl (C=O) groups is 1. The van der Waals surface area contributed by atoms with Crippen molar-refractivity contribution in [3.8, 4) is 0 Å². The van der Waals surface area contributed by atoms with Crippen molar-refractivity contribution >= 4 is 11.5 Å². The minimum atomic E-state index is -0.842. The molecule has 14 heavy (non-hydrogen) atoms. The van der Waals surface area contributed by atoms with Crippen LogP contribution < -0.4 is 0 Å². The third kappa shape index (κ3) is 1.93. The summed E-state index contributed by atoms with van der Waals surface area (Å²) in [6.45, 7) is 1.60. The average Bonchev–Trinajstić information content (AvgIpc) is 2.16. The Balaban J connectivity index is 3.14. The number of non-ortho nitro benzene ring substituents is 1. The summed E-state index contributed by atoms with van der Waals surface area (Å²) in [7, 11) is 0. The second-order valence-corrected chi connectivity index (χ2v) is 2.70. The van der Waals surface area contributed by atoms with Gasteiger partial charge in [-0.1, -0.05) is 6.92 Å². The van der Waals surface area contributed by atoms with Gasteiger partial charge >= 0.3 is 0 Å². The van der Waals surface area contributed by atoms with Gasteiger partial charge in [0.15, 0.2) is 5.78 Å². The summed E-state index contributed by atoms with van der Waals surface area (Å²) in [5.74, 6) is -1.21. The summed E-state index contributed by atoms with van der Waals surface area (Å²) in [6, 6.07) is 3.01. The topological polar surface area (TPSA) is 60.2 Å². The maximum atomic E-state index is 13.1. The molecule has 0 aliphatic heterocycles. The van der Waals surface area contributed by atoms with Gasteiger partial charge in [-0.25, -0.2) is 4.39 Å². The molecule has 1 rings (SSSR count). The Bertz CT molecular complexity index is 390. The number of rotatable bonds is 3. The number of ketones is 1. The number of benzene rings is 1. The van der Waals surface area contributed by atoms with Crippen LogP contribution in [0, 0.1) is 15.9 Å². The molecule has 0 spiro atoms. The summed E-state index contributed by atoms with van der Waals surface area (Å²) in [4.78, 5) is 20.7. The summed E-state index contributed by atoms with van der Waals surface area (Å²) in [5, 5.41) is 10.3. The van der Waals surface area contributed by atoms with Gasteiger partial charge in [-0.05, 0) is 6.07 Å². The van der Waals surface area contributed by atoms with Crippen molar-refractivity contribution in [2.45, 2.75) is 13.3 Å². The Labute approximate surface area is 79.5 Å². The van der Waals surface area contributed by atoms with Gasteiger partial charge in [0, 0.05) is 12.5 Å². The first-order valence-electron chi connectivity index (χ1n) is 4.03. The van der Waals surface area contributed by atoms with Crippen molar-refractivity contribution in [1.29, 1.82) is 0 Å². The van der Waals surface area contributed by atoms with E-state index in [1.54, 1.807) is 6.92 Å². The first kappa shape index (κ1) is 10.3. The molecular weight excluding hydrogens is 189 g/mol. The Morgan fingerprint density at radius 3 is 2.64 bits per heavy atom. The predicted molar refractivity (Wildman–Crippen MR) is 47.7 cm³/mol. The molecule has 0 aliphatic carbocycles. The van der Waals surface area contributed by atoms with Crippen LogP contribution in [0.25, 0.3) is 0 Å². The van der Waals surface area contributed by atoms with Crippen LogP contribution in [-0.2, 0) is 0 Å². The zero-order valence-electron chi connectivity index (χ0n) is 7.49. The highest BCUT2D eigenvalue weighted by Crippen LogP contribution is 2.17. The molecular formula is C9H8FNO3.